The summed E-state index contributed by atoms with van der Waals surface area (Å²) < 4.78 is 0. The second-order valence-electron chi connectivity index (χ2n) is 6.89. The molecule has 0 bridgehead atoms. The van der Waals surface area contributed by atoms with Gasteiger partial charge in [-0.2, -0.15) is 5.10 Å². The average Bonchev–Trinajstić information content (AvgIpc) is 3.26. The van der Waals surface area contributed by atoms with E-state index in [2.05, 4.69) is 17.4 Å². The lowest BCUT2D eigenvalue weighted by atomic mass is 10.0. The number of amides is 1. The molecule has 1 amide bonds. The summed E-state index contributed by atoms with van der Waals surface area (Å²) >= 11 is 1.76. The zero-order chi connectivity index (χ0) is 17.9. The fraction of sp³-hybridized carbons (Fsp3) is 0.450. The van der Waals surface area contributed by atoms with E-state index in [9.17, 15) is 4.79 Å². The lowest BCUT2D eigenvalue weighted by Gasteiger charge is -2.20. The van der Waals surface area contributed by atoms with Gasteiger partial charge in [-0.3, -0.25) is 4.79 Å². The van der Waals surface area contributed by atoms with Gasteiger partial charge in [0.2, 0.25) is 11.0 Å². The van der Waals surface area contributed by atoms with Crippen LogP contribution in [0.2, 0.25) is 0 Å². The molecule has 1 aromatic heterocycles. The molecule has 6 heteroatoms. The number of carbonyl (C=O) groups excluding carboxylic acids is 1. The molecule has 0 saturated carbocycles. The van der Waals surface area contributed by atoms with Crippen LogP contribution in [0, 0.1) is 0 Å². The Morgan fingerprint density at radius 3 is 2.85 bits per heavy atom. The second kappa shape index (κ2) is 7.58. The van der Waals surface area contributed by atoms with Crippen LogP contribution in [0.5, 0.6) is 0 Å². The smallest absolute Gasteiger partial charge is 0.225 e. The van der Waals surface area contributed by atoms with E-state index in [1.165, 1.54) is 29.0 Å². The Hall–Kier alpha value is -2.21. The van der Waals surface area contributed by atoms with Crippen molar-refractivity contribution in [1.29, 1.82) is 0 Å². The summed E-state index contributed by atoms with van der Waals surface area (Å²) in [5.74, 6) is 0.781. The van der Waals surface area contributed by atoms with Gasteiger partial charge < -0.3 is 5.32 Å². The number of hydrogen-bond donors (Lipinski definition) is 1. The number of hydrogen-bond acceptors (Lipinski definition) is 5. The molecule has 0 saturated heterocycles. The van der Waals surface area contributed by atoms with Crippen LogP contribution in [0.15, 0.2) is 35.4 Å². The topological polar surface area (TPSA) is 57.6 Å². The van der Waals surface area contributed by atoms with E-state index >= 15 is 0 Å². The molecule has 2 heterocycles. The fourth-order valence-corrected chi connectivity index (χ4v) is 4.73. The first-order valence-electron chi connectivity index (χ1n) is 9.44. The van der Waals surface area contributed by atoms with Crippen molar-refractivity contribution >= 4 is 28.2 Å². The molecule has 2 aromatic rings. The first kappa shape index (κ1) is 17.2. The zero-order valence-electron chi connectivity index (χ0n) is 15.1. The molecule has 1 atom stereocenters. The molecule has 5 nitrogen and oxygen atoms in total. The largest absolute Gasteiger partial charge is 0.313 e. The van der Waals surface area contributed by atoms with Crippen molar-refractivity contribution in [3.8, 4) is 0 Å². The third kappa shape index (κ3) is 3.51. The van der Waals surface area contributed by atoms with Crippen LogP contribution in [0.3, 0.4) is 0 Å². The van der Waals surface area contributed by atoms with Gasteiger partial charge in [-0.05, 0) is 37.7 Å². The average molecular weight is 369 g/mol. The summed E-state index contributed by atoms with van der Waals surface area (Å²) in [7, 11) is 0. The molecule has 1 aromatic carbocycles. The van der Waals surface area contributed by atoms with Gasteiger partial charge in [0.25, 0.3) is 0 Å². The number of anilines is 1. The van der Waals surface area contributed by atoms with Gasteiger partial charge in [-0.1, -0.05) is 48.6 Å². The van der Waals surface area contributed by atoms with Crippen molar-refractivity contribution < 1.29 is 4.79 Å². The van der Waals surface area contributed by atoms with Crippen LogP contribution >= 0.6 is 11.3 Å². The van der Waals surface area contributed by atoms with E-state index in [0.29, 0.717) is 12.8 Å². The Balaban J connectivity index is 1.63. The monoisotopic (exact) mass is 368 g/mol. The number of aryl methyl sites for hydroxylation is 2. The number of nitrogens with zero attached hydrogens (tertiary/aromatic N) is 3. The van der Waals surface area contributed by atoms with E-state index in [1.54, 1.807) is 11.3 Å². The maximum atomic E-state index is 12.0. The highest BCUT2D eigenvalue weighted by Gasteiger charge is 2.32. The number of aromatic nitrogens is 1. The minimum atomic E-state index is 0.0401. The molecular formula is C20H24N4OS. The standard InChI is InChI=1S/C20H24N4OS/c1-2-8-19(25)22-18-13-16(14-9-4-3-5-10-14)24(23-18)20-21-15-11-6-7-12-17(15)26-20/h3-5,9-10,16H,2,6-8,11-13H2,1H3,(H,22,23,25). The number of benzene rings is 1. The van der Waals surface area contributed by atoms with E-state index in [0.717, 1.165) is 30.2 Å². The molecule has 0 radical (unpaired) electrons. The summed E-state index contributed by atoms with van der Waals surface area (Å²) in [6, 6.07) is 10.5. The molecule has 2 aliphatic rings. The predicted octanol–water partition coefficient (Wildman–Crippen LogP) is 4.20. The molecule has 1 unspecified atom stereocenters. The maximum Gasteiger partial charge on any atom is 0.225 e. The Kier molecular flexibility index (Phi) is 5.02. The highest BCUT2D eigenvalue weighted by Crippen LogP contribution is 2.39. The lowest BCUT2D eigenvalue weighted by Crippen LogP contribution is -2.29. The molecule has 4 rings (SSSR count). The highest BCUT2D eigenvalue weighted by molar-refractivity contribution is 7.15. The van der Waals surface area contributed by atoms with E-state index in [-0.39, 0.29) is 11.9 Å². The maximum absolute atomic E-state index is 12.0. The summed E-state index contributed by atoms with van der Waals surface area (Å²) in [6.45, 7) is 2.01. The summed E-state index contributed by atoms with van der Waals surface area (Å²) in [4.78, 5) is 18.3. The van der Waals surface area contributed by atoms with E-state index in [4.69, 9.17) is 10.1 Å². The molecule has 0 fully saturated rings. The molecular weight excluding hydrogens is 344 g/mol. The number of carbonyl (C=O) groups is 1. The van der Waals surface area contributed by atoms with E-state index in [1.807, 2.05) is 30.1 Å². The quantitative estimate of drug-likeness (QED) is 0.880. The lowest BCUT2D eigenvalue weighted by molar-refractivity contribution is -0.119. The van der Waals surface area contributed by atoms with Gasteiger partial charge in [-0.15, -0.1) is 0 Å². The third-order valence-corrected chi connectivity index (χ3v) is 6.03. The Bertz CT molecular complexity index is 791. The highest BCUT2D eigenvalue weighted by atomic mass is 32.1. The van der Waals surface area contributed by atoms with Gasteiger partial charge in [0, 0.05) is 17.7 Å². The number of nitrogens with one attached hydrogen (secondary N) is 1. The van der Waals surface area contributed by atoms with Gasteiger partial charge in [0.05, 0.1) is 11.7 Å². The number of hydrazone groups is 1. The minimum absolute atomic E-state index is 0.0401. The van der Waals surface area contributed by atoms with Gasteiger partial charge in [0.1, 0.15) is 5.84 Å². The summed E-state index contributed by atoms with van der Waals surface area (Å²) in [6.07, 6.45) is 6.73. The van der Waals surface area contributed by atoms with Crippen molar-refractivity contribution in [2.75, 3.05) is 5.01 Å². The number of thiazole rings is 1. The minimum Gasteiger partial charge on any atom is -0.313 e. The van der Waals surface area contributed by atoms with Crippen LogP contribution in [-0.2, 0) is 17.6 Å². The molecule has 1 N–H and O–H groups in total. The normalized spacial score (nSPS) is 19.2. The van der Waals surface area contributed by atoms with Gasteiger partial charge >= 0.3 is 0 Å². The van der Waals surface area contributed by atoms with Crippen molar-refractivity contribution in [3.05, 3.63) is 46.5 Å². The van der Waals surface area contributed by atoms with Gasteiger partial charge in [-0.25, -0.2) is 9.99 Å². The Labute approximate surface area is 158 Å². The molecule has 1 aliphatic heterocycles. The Morgan fingerprint density at radius 2 is 2.08 bits per heavy atom. The fourth-order valence-electron chi connectivity index (χ4n) is 3.58. The van der Waals surface area contributed by atoms with Crippen molar-refractivity contribution in [2.45, 2.75) is 57.9 Å². The van der Waals surface area contributed by atoms with Crippen LogP contribution in [0.25, 0.3) is 0 Å². The number of amidine groups is 1. The molecule has 1 aliphatic carbocycles. The van der Waals surface area contributed by atoms with Crippen LogP contribution < -0.4 is 10.3 Å². The van der Waals surface area contributed by atoms with Gasteiger partial charge in [0.15, 0.2) is 0 Å². The summed E-state index contributed by atoms with van der Waals surface area (Å²) in [5.41, 5.74) is 2.44. The van der Waals surface area contributed by atoms with E-state index < -0.39 is 0 Å². The molecule has 0 spiro atoms. The van der Waals surface area contributed by atoms with Crippen molar-refractivity contribution in [2.24, 2.45) is 5.10 Å². The predicted molar refractivity (Wildman–Crippen MR) is 106 cm³/mol. The SMILES string of the molecule is CCCC(=O)NC1=NN(c2nc3c(s2)CCCC3)C(c2ccccc2)C1. The van der Waals surface area contributed by atoms with Crippen LogP contribution in [-0.4, -0.2) is 16.7 Å². The second-order valence-corrected chi connectivity index (χ2v) is 7.96. The Morgan fingerprint density at radius 1 is 1.27 bits per heavy atom. The molecule has 26 heavy (non-hydrogen) atoms. The number of fused-ring (bicyclic) bond motifs is 1. The summed E-state index contributed by atoms with van der Waals surface area (Å²) in [5, 5.41) is 10.7. The molecule has 136 valence electrons. The number of rotatable bonds is 4. The first-order chi connectivity index (χ1) is 12.7. The van der Waals surface area contributed by atoms with Crippen LogP contribution in [0.4, 0.5) is 5.13 Å². The first-order valence-corrected chi connectivity index (χ1v) is 10.3. The zero-order valence-corrected chi connectivity index (χ0v) is 15.9. The third-order valence-electron chi connectivity index (χ3n) is 4.89. The van der Waals surface area contributed by atoms with Crippen molar-refractivity contribution in [3.63, 3.8) is 0 Å². The van der Waals surface area contributed by atoms with Crippen LogP contribution in [0.1, 0.15) is 61.2 Å². The van der Waals surface area contributed by atoms with Crippen molar-refractivity contribution in [1.82, 2.24) is 10.3 Å².